The predicted molar refractivity (Wildman–Crippen MR) is 98.2 cm³/mol. The lowest BCUT2D eigenvalue weighted by molar-refractivity contribution is -0.113. The first-order chi connectivity index (χ1) is 12.9. The van der Waals surface area contributed by atoms with Crippen molar-refractivity contribution >= 4 is 57.3 Å². The van der Waals surface area contributed by atoms with Crippen LogP contribution in [0.2, 0.25) is 0 Å². The minimum Gasteiger partial charge on any atom is -0.323 e. The van der Waals surface area contributed by atoms with Crippen LogP contribution < -0.4 is 10.6 Å². The predicted octanol–water partition coefficient (Wildman–Crippen LogP) is 2.96. The number of benzene rings is 1. The van der Waals surface area contributed by atoms with E-state index in [-0.39, 0.29) is 22.5 Å². The third-order valence-electron chi connectivity index (χ3n) is 3.02. The molecule has 27 heavy (non-hydrogen) atoms. The summed E-state index contributed by atoms with van der Waals surface area (Å²) in [5, 5.41) is 16.6. The molecule has 0 aliphatic carbocycles. The maximum absolute atomic E-state index is 13.5. The zero-order valence-corrected chi connectivity index (χ0v) is 16.0. The lowest BCUT2D eigenvalue weighted by atomic mass is 10.3. The SMILES string of the molecule is Cc1nnsc1C(=O)Nc1nnc(SCC(=O)Nc2ccc(F)cc2F)s1. The van der Waals surface area contributed by atoms with Gasteiger partial charge in [-0.25, -0.2) is 8.78 Å². The number of aromatic nitrogens is 4. The van der Waals surface area contributed by atoms with Gasteiger partial charge in [0.15, 0.2) is 4.34 Å². The summed E-state index contributed by atoms with van der Waals surface area (Å²) in [6, 6.07) is 2.87. The van der Waals surface area contributed by atoms with Gasteiger partial charge in [0.2, 0.25) is 11.0 Å². The van der Waals surface area contributed by atoms with Crippen molar-refractivity contribution in [1.29, 1.82) is 0 Å². The number of carbonyl (C=O) groups excluding carboxylic acids is 2. The number of nitrogens with one attached hydrogen (secondary N) is 2. The number of thioether (sulfide) groups is 1. The molecule has 2 N–H and O–H groups in total. The lowest BCUT2D eigenvalue weighted by Gasteiger charge is -2.05. The Balaban J connectivity index is 1.52. The summed E-state index contributed by atoms with van der Waals surface area (Å²) in [6.45, 7) is 1.67. The van der Waals surface area contributed by atoms with E-state index in [0.717, 1.165) is 46.8 Å². The molecule has 0 bridgehead atoms. The number of anilines is 2. The summed E-state index contributed by atoms with van der Waals surface area (Å²) >= 11 is 3.13. The number of hydrogen-bond donors (Lipinski definition) is 2. The molecule has 0 fully saturated rings. The summed E-state index contributed by atoms with van der Waals surface area (Å²) < 4.78 is 30.5. The highest BCUT2D eigenvalue weighted by Gasteiger charge is 2.16. The van der Waals surface area contributed by atoms with Crippen LogP contribution in [0.25, 0.3) is 0 Å². The van der Waals surface area contributed by atoms with Gasteiger partial charge < -0.3 is 5.32 Å². The Hall–Kier alpha value is -2.51. The van der Waals surface area contributed by atoms with Gasteiger partial charge in [-0.15, -0.1) is 15.3 Å². The molecule has 2 amide bonds. The number of rotatable bonds is 6. The molecule has 140 valence electrons. The second-order valence-electron chi connectivity index (χ2n) is 4.98. The quantitative estimate of drug-likeness (QED) is 0.459. The topological polar surface area (TPSA) is 110 Å². The number of nitrogens with zero attached hydrogens (tertiary/aromatic N) is 4. The number of amides is 2. The molecule has 8 nitrogen and oxygen atoms in total. The van der Waals surface area contributed by atoms with E-state index in [4.69, 9.17) is 0 Å². The number of aryl methyl sites for hydroxylation is 1. The average molecular weight is 428 g/mol. The molecule has 0 radical (unpaired) electrons. The van der Waals surface area contributed by atoms with Gasteiger partial charge in [0.1, 0.15) is 16.5 Å². The van der Waals surface area contributed by atoms with Crippen LogP contribution in [0.1, 0.15) is 15.4 Å². The molecular weight excluding hydrogens is 418 g/mol. The van der Waals surface area contributed by atoms with Crippen LogP contribution in [-0.2, 0) is 4.79 Å². The van der Waals surface area contributed by atoms with Gasteiger partial charge in [-0.1, -0.05) is 27.6 Å². The first-order valence-corrected chi connectivity index (χ1v) is 9.81. The minimum absolute atomic E-state index is 0.0583. The van der Waals surface area contributed by atoms with E-state index in [1.54, 1.807) is 6.92 Å². The highest BCUT2D eigenvalue weighted by molar-refractivity contribution is 8.01. The molecule has 3 aromatic rings. The Morgan fingerprint density at radius 2 is 2.00 bits per heavy atom. The summed E-state index contributed by atoms with van der Waals surface area (Å²) in [5.41, 5.74) is 0.405. The zero-order valence-electron chi connectivity index (χ0n) is 13.5. The van der Waals surface area contributed by atoms with Crippen molar-refractivity contribution in [3.63, 3.8) is 0 Å². The molecule has 0 aliphatic rings. The average Bonchev–Trinajstić information content (AvgIpc) is 3.24. The zero-order chi connectivity index (χ0) is 19.4. The molecule has 0 saturated carbocycles. The molecule has 3 rings (SSSR count). The molecule has 13 heteroatoms. The summed E-state index contributed by atoms with van der Waals surface area (Å²) in [5.74, 6) is -2.52. The van der Waals surface area contributed by atoms with E-state index < -0.39 is 17.5 Å². The van der Waals surface area contributed by atoms with E-state index >= 15 is 0 Å². The largest absolute Gasteiger partial charge is 0.323 e. The first-order valence-electron chi connectivity index (χ1n) is 7.24. The summed E-state index contributed by atoms with van der Waals surface area (Å²) in [4.78, 5) is 24.3. The van der Waals surface area contributed by atoms with Crippen LogP contribution in [0.5, 0.6) is 0 Å². The second kappa shape index (κ2) is 8.45. The van der Waals surface area contributed by atoms with Crippen molar-refractivity contribution in [1.82, 2.24) is 19.8 Å². The molecule has 0 unspecified atom stereocenters. The normalized spacial score (nSPS) is 10.6. The number of halogens is 2. The Kier molecular flexibility index (Phi) is 6.03. The third kappa shape index (κ3) is 5.02. The molecule has 1 aromatic carbocycles. The Morgan fingerprint density at radius 3 is 2.70 bits per heavy atom. The van der Waals surface area contributed by atoms with E-state index in [0.29, 0.717) is 21.0 Å². The van der Waals surface area contributed by atoms with Crippen LogP contribution in [0.15, 0.2) is 22.5 Å². The number of carbonyl (C=O) groups is 2. The van der Waals surface area contributed by atoms with E-state index in [1.807, 2.05) is 0 Å². The highest BCUT2D eigenvalue weighted by atomic mass is 32.2. The van der Waals surface area contributed by atoms with E-state index in [2.05, 4.69) is 30.4 Å². The van der Waals surface area contributed by atoms with Crippen molar-refractivity contribution in [2.45, 2.75) is 11.3 Å². The van der Waals surface area contributed by atoms with Gasteiger partial charge in [0, 0.05) is 6.07 Å². The minimum atomic E-state index is -0.859. The fourth-order valence-corrected chi connectivity index (χ4v) is 3.92. The second-order valence-corrected chi connectivity index (χ2v) is 7.93. The van der Waals surface area contributed by atoms with Crippen LogP contribution in [0.4, 0.5) is 19.6 Å². The molecule has 0 aliphatic heterocycles. The highest BCUT2D eigenvalue weighted by Crippen LogP contribution is 2.26. The molecule has 0 spiro atoms. The van der Waals surface area contributed by atoms with Crippen molar-refractivity contribution in [2.75, 3.05) is 16.4 Å². The summed E-state index contributed by atoms with van der Waals surface area (Å²) in [7, 11) is 0. The maximum atomic E-state index is 13.5. The van der Waals surface area contributed by atoms with Gasteiger partial charge in [-0.05, 0) is 30.6 Å². The van der Waals surface area contributed by atoms with Crippen molar-refractivity contribution in [3.05, 3.63) is 40.4 Å². The molecule has 2 aromatic heterocycles. The van der Waals surface area contributed by atoms with Crippen molar-refractivity contribution < 1.29 is 18.4 Å². The van der Waals surface area contributed by atoms with Gasteiger partial charge in [-0.2, -0.15) is 0 Å². The third-order valence-corrected chi connectivity index (χ3v) is 5.82. The Morgan fingerprint density at radius 1 is 1.19 bits per heavy atom. The lowest BCUT2D eigenvalue weighted by Crippen LogP contribution is -2.15. The van der Waals surface area contributed by atoms with Gasteiger partial charge in [-0.3, -0.25) is 14.9 Å². The maximum Gasteiger partial charge on any atom is 0.271 e. The van der Waals surface area contributed by atoms with E-state index in [9.17, 15) is 18.4 Å². The molecule has 0 saturated heterocycles. The molecular formula is C14H10F2N6O2S3. The van der Waals surface area contributed by atoms with Gasteiger partial charge in [0.05, 0.1) is 17.1 Å². The standard InChI is InChI=1S/C14H10F2N6O2S3/c1-6-11(27-22-19-6)12(24)18-13-20-21-14(26-13)25-5-10(23)17-9-3-2-7(15)4-8(9)16/h2-4H,5H2,1H3,(H,17,23)(H,18,20,24). The van der Waals surface area contributed by atoms with Gasteiger partial charge in [0.25, 0.3) is 5.91 Å². The Bertz CT molecular complexity index is 993. The van der Waals surface area contributed by atoms with Crippen molar-refractivity contribution in [2.24, 2.45) is 0 Å². The molecule has 2 heterocycles. The fourth-order valence-electron chi connectivity index (χ4n) is 1.82. The fraction of sp³-hybridized carbons (Fsp3) is 0.143. The first kappa shape index (κ1) is 19.3. The van der Waals surface area contributed by atoms with Crippen LogP contribution in [-0.4, -0.2) is 37.4 Å². The monoisotopic (exact) mass is 428 g/mol. The summed E-state index contributed by atoms with van der Waals surface area (Å²) in [6.07, 6.45) is 0. The van der Waals surface area contributed by atoms with Crippen molar-refractivity contribution in [3.8, 4) is 0 Å². The van der Waals surface area contributed by atoms with Gasteiger partial charge >= 0.3 is 0 Å². The molecule has 0 atom stereocenters. The van der Waals surface area contributed by atoms with Crippen LogP contribution in [0.3, 0.4) is 0 Å². The smallest absolute Gasteiger partial charge is 0.271 e. The van der Waals surface area contributed by atoms with Crippen LogP contribution >= 0.6 is 34.6 Å². The van der Waals surface area contributed by atoms with E-state index in [1.165, 1.54) is 0 Å². The Labute approximate surface area is 163 Å². The number of hydrogen-bond acceptors (Lipinski definition) is 9. The van der Waals surface area contributed by atoms with Crippen LogP contribution in [0, 0.1) is 18.6 Å².